The van der Waals surface area contributed by atoms with Crippen molar-refractivity contribution in [2.45, 2.75) is 25.8 Å². The van der Waals surface area contributed by atoms with Crippen LogP contribution in [0.25, 0.3) is 0 Å². The minimum Gasteiger partial charge on any atom is -0.381 e. The lowest BCUT2D eigenvalue weighted by Crippen LogP contribution is -2.22. The van der Waals surface area contributed by atoms with E-state index in [1.165, 1.54) is 18.4 Å². The Bertz CT molecular complexity index is 419. The molecule has 0 aliphatic carbocycles. The standard InChI is InChI=1S/C15H20N2O/c1-12(15-4-2-3-14(9-15)10-16)17-7-5-13-6-8-18-11-13/h2-4,9,12-13,17H,5-8,11H2,1H3. The van der Waals surface area contributed by atoms with Gasteiger partial charge in [0.25, 0.3) is 0 Å². The maximum atomic E-state index is 8.88. The van der Waals surface area contributed by atoms with Crippen LogP contribution in [0.1, 0.15) is 36.9 Å². The minimum atomic E-state index is 0.292. The fraction of sp³-hybridized carbons (Fsp3) is 0.533. The molecule has 0 aromatic heterocycles. The number of nitrogens with zero attached hydrogens (tertiary/aromatic N) is 1. The van der Waals surface area contributed by atoms with Gasteiger partial charge in [-0.25, -0.2) is 0 Å². The molecule has 1 aromatic carbocycles. The predicted molar refractivity (Wildman–Crippen MR) is 71.1 cm³/mol. The lowest BCUT2D eigenvalue weighted by atomic mass is 10.0. The Morgan fingerprint density at radius 3 is 3.17 bits per heavy atom. The highest BCUT2D eigenvalue weighted by Gasteiger charge is 2.15. The average molecular weight is 244 g/mol. The highest BCUT2D eigenvalue weighted by molar-refractivity contribution is 5.33. The lowest BCUT2D eigenvalue weighted by Gasteiger charge is -2.16. The number of hydrogen-bond acceptors (Lipinski definition) is 3. The molecule has 1 fully saturated rings. The molecule has 1 aliphatic heterocycles. The third-order valence-electron chi connectivity index (χ3n) is 3.54. The van der Waals surface area contributed by atoms with Gasteiger partial charge in [-0.05, 0) is 49.9 Å². The zero-order valence-corrected chi connectivity index (χ0v) is 10.9. The van der Waals surface area contributed by atoms with Crippen LogP contribution in [0.2, 0.25) is 0 Å². The van der Waals surface area contributed by atoms with Gasteiger partial charge in [-0.15, -0.1) is 0 Å². The van der Waals surface area contributed by atoms with E-state index in [4.69, 9.17) is 10.00 Å². The van der Waals surface area contributed by atoms with E-state index in [-0.39, 0.29) is 0 Å². The molecule has 2 unspecified atom stereocenters. The Kier molecular flexibility index (Phi) is 4.74. The van der Waals surface area contributed by atoms with Gasteiger partial charge in [-0.1, -0.05) is 12.1 Å². The second-order valence-corrected chi connectivity index (χ2v) is 4.93. The minimum absolute atomic E-state index is 0.292. The number of ether oxygens (including phenoxy) is 1. The molecule has 0 spiro atoms. The molecule has 18 heavy (non-hydrogen) atoms. The third kappa shape index (κ3) is 3.56. The van der Waals surface area contributed by atoms with Gasteiger partial charge in [0.1, 0.15) is 0 Å². The van der Waals surface area contributed by atoms with Crippen LogP contribution in [-0.2, 0) is 4.74 Å². The summed E-state index contributed by atoms with van der Waals surface area (Å²) in [6.07, 6.45) is 2.36. The van der Waals surface area contributed by atoms with Crippen molar-refractivity contribution in [1.82, 2.24) is 5.32 Å². The van der Waals surface area contributed by atoms with E-state index in [0.29, 0.717) is 6.04 Å². The van der Waals surface area contributed by atoms with Gasteiger partial charge in [0.05, 0.1) is 11.6 Å². The van der Waals surface area contributed by atoms with Crippen LogP contribution < -0.4 is 5.32 Å². The van der Waals surface area contributed by atoms with Crippen molar-refractivity contribution in [3.8, 4) is 6.07 Å². The Hall–Kier alpha value is -1.37. The Morgan fingerprint density at radius 1 is 1.56 bits per heavy atom. The number of benzene rings is 1. The highest BCUT2D eigenvalue weighted by atomic mass is 16.5. The van der Waals surface area contributed by atoms with E-state index in [0.717, 1.165) is 31.2 Å². The van der Waals surface area contributed by atoms with Crippen molar-refractivity contribution >= 4 is 0 Å². The van der Waals surface area contributed by atoms with Gasteiger partial charge in [0.2, 0.25) is 0 Å². The van der Waals surface area contributed by atoms with Crippen LogP contribution in [0.4, 0.5) is 0 Å². The molecule has 96 valence electrons. The van der Waals surface area contributed by atoms with Crippen molar-refractivity contribution in [2.24, 2.45) is 5.92 Å². The van der Waals surface area contributed by atoms with Crippen molar-refractivity contribution in [3.63, 3.8) is 0 Å². The quantitative estimate of drug-likeness (QED) is 0.866. The first-order chi connectivity index (χ1) is 8.79. The summed E-state index contributed by atoms with van der Waals surface area (Å²) < 4.78 is 5.37. The molecule has 1 aromatic rings. The Morgan fingerprint density at radius 2 is 2.44 bits per heavy atom. The van der Waals surface area contributed by atoms with Crippen LogP contribution in [-0.4, -0.2) is 19.8 Å². The molecular formula is C15H20N2O. The van der Waals surface area contributed by atoms with E-state index in [1.807, 2.05) is 18.2 Å². The molecule has 1 aliphatic rings. The molecule has 1 saturated heterocycles. The van der Waals surface area contributed by atoms with E-state index < -0.39 is 0 Å². The lowest BCUT2D eigenvalue weighted by molar-refractivity contribution is 0.184. The fourth-order valence-corrected chi connectivity index (χ4v) is 2.31. The highest BCUT2D eigenvalue weighted by Crippen LogP contribution is 2.17. The number of nitriles is 1. The van der Waals surface area contributed by atoms with Gasteiger partial charge >= 0.3 is 0 Å². The summed E-state index contributed by atoms with van der Waals surface area (Å²) in [5, 5.41) is 12.4. The SMILES string of the molecule is CC(NCCC1CCOC1)c1cccc(C#N)c1. The van der Waals surface area contributed by atoms with E-state index >= 15 is 0 Å². The largest absolute Gasteiger partial charge is 0.381 e. The van der Waals surface area contributed by atoms with Crippen LogP contribution in [0.5, 0.6) is 0 Å². The summed E-state index contributed by atoms with van der Waals surface area (Å²) >= 11 is 0. The summed E-state index contributed by atoms with van der Waals surface area (Å²) in [5.74, 6) is 0.718. The van der Waals surface area contributed by atoms with Crippen molar-refractivity contribution in [3.05, 3.63) is 35.4 Å². The van der Waals surface area contributed by atoms with Crippen LogP contribution in [0, 0.1) is 17.2 Å². The molecular weight excluding hydrogens is 224 g/mol. The molecule has 2 atom stereocenters. The Balaban J connectivity index is 1.79. The molecule has 1 heterocycles. The first-order valence-corrected chi connectivity index (χ1v) is 6.61. The number of rotatable bonds is 5. The molecule has 2 rings (SSSR count). The third-order valence-corrected chi connectivity index (χ3v) is 3.54. The second-order valence-electron chi connectivity index (χ2n) is 4.93. The molecule has 0 saturated carbocycles. The molecule has 0 amide bonds. The Labute approximate surface area is 109 Å². The molecule has 3 nitrogen and oxygen atoms in total. The van der Waals surface area contributed by atoms with Gasteiger partial charge < -0.3 is 10.1 Å². The van der Waals surface area contributed by atoms with E-state index in [9.17, 15) is 0 Å². The monoisotopic (exact) mass is 244 g/mol. The van der Waals surface area contributed by atoms with Gasteiger partial charge in [0, 0.05) is 19.3 Å². The molecule has 3 heteroatoms. The number of hydrogen-bond donors (Lipinski definition) is 1. The zero-order chi connectivity index (χ0) is 12.8. The smallest absolute Gasteiger partial charge is 0.0991 e. The normalized spacial score (nSPS) is 20.6. The van der Waals surface area contributed by atoms with E-state index in [2.05, 4.69) is 24.4 Å². The predicted octanol–water partition coefficient (Wildman–Crippen LogP) is 2.64. The average Bonchev–Trinajstić information content (AvgIpc) is 2.92. The summed E-state index contributed by atoms with van der Waals surface area (Å²) in [7, 11) is 0. The first-order valence-electron chi connectivity index (χ1n) is 6.61. The summed E-state index contributed by atoms with van der Waals surface area (Å²) in [4.78, 5) is 0. The molecule has 1 N–H and O–H groups in total. The molecule has 0 radical (unpaired) electrons. The van der Waals surface area contributed by atoms with E-state index in [1.54, 1.807) is 0 Å². The fourth-order valence-electron chi connectivity index (χ4n) is 2.31. The van der Waals surface area contributed by atoms with Crippen LogP contribution >= 0.6 is 0 Å². The van der Waals surface area contributed by atoms with Crippen LogP contribution in [0.3, 0.4) is 0 Å². The summed E-state index contributed by atoms with van der Waals surface area (Å²) in [5.41, 5.74) is 1.90. The molecule has 0 bridgehead atoms. The summed E-state index contributed by atoms with van der Waals surface area (Å²) in [6.45, 7) is 4.98. The topological polar surface area (TPSA) is 45.0 Å². The van der Waals surface area contributed by atoms with Crippen molar-refractivity contribution in [1.29, 1.82) is 5.26 Å². The van der Waals surface area contributed by atoms with Crippen molar-refractivity contribution in [2.75, 3.05) is 19.8 Å². The number of nitrogens with one attached hydrogen (secondary N) is 1. The van der Waals surface area contributed by atoms with Crippen LogP contribution in [0.15, 0.2) is 24.3 Å². The van der Waals surface area contributed by atoms with Gasteiger partial charge in [0.15, 0.2) is 0 Å². The summed E-state index contributed by atoms with van der Waals surface area (Å²) in [6, 6.07) is 10.3. The first kappa shape index (κ1) is 13.1. The maximum absolute atomic E-state index is 8.88. The van der Waals surface area contributed by atoms with Crippen molar-refractivity contribution < 1.29 is 4.74 Å². The zero-order valence-electron chi connectivity index (χ0n) is 10.9. The van der Waals surface area contributed by atoms with Gasteiger partial charge in [-0.2, -0.15) is 5.26 Å². The second kappa shape index (κ2) is 6.53. The maximum Gasteiger partial charge on any atom is 0.0991 e. The van der Waals surface area contributed by atoms with Gasteiger partial charge in [-0.3, -0.25) is 0 Å².